The summed E-state index contributed by atoms with van der Waals surface area (Å²) in [4.78, 5) is 25.7. The molecule has 0 saturated carbocycles. The number of amides is 3. The van der Waals surface area contributed by atoms with E-state index in [1.165, 1.54) is 5.56 Å². The van der Waals surface area contributed by atoms with E-state index in [1.807, 2.05) is 38.2 Å². The van der Waals surface area contributed by atoms with Crippen molar-refractivity contribution in [2.75, 3.05) is 26.0 Å². The van der Waals surface area contributed by atoms with E-state index in [9.17, 15) is 9.59 Å². The van der Waals surface area contributed by atoms with Gasteiger partial charge in [0.25, 0.3) is 0 Å². The molecule has 1 aromatic heterocycles. The summed E-state index contributed by atoms with van der Waals surface area (Å²) in [7, 11) is 3.35. The zero-order valence-electron chi connectivity index (χ0n) is 16.7. The number of anilines is 1. The largest absolute Gasteiger partial charge is 0.358 e. The average molecular weight is 385 g/mol. The van der Waals surface area contributed by atoms with Crippen LogP contribution in [0.1, 0.15) is 29.3 Å². The third-order valence-corrected chi connectivity index (χ3v) is 5.11. The first kappa shape index (κ1) is 19.8. The van der Waals surface area contributed by atoms with Crippen molar-refractivity contribution in [2.45, 2.75) is 38.9 Å². The molecule has 2 aromatic rings. The summed E-state index contributed by atoms with van der Waals surface area (Å²) >= 11 is 0. The molecule has 1 aromatic carbocycles. The average Bonchev–Trinajstić information content (AvgIpc) is 3.33. The summed E-state index contributed by atoms with van der Waals surface area (Å²) in [5.41, 5.74) is 3.77. The highest BCUT2D eigenvalue weighted by Gasteiger charge is 2.30. The standard InChI is InChI=1S/C19H27N7O2/c1-12-5-6-14(7-13(12)2)22-19(28)25(4)10-15-11-26(24-23-15)16-8-17(21-9-16)18(27)20-3/h5-7,11,16-17,21H,8-10H2,1-4H3,(H,20,27)(H,22,28)/t16-,17+/m1/s1. The number of aryl methyl sites for hydroxylation is 2. The lowest BCUT2D eigenvalue weighted by atomic mass is 10.1. The van der Waals surface area contributed by atoms with E-state index in [-0.39, 0.29) is 24.0 Å². The maximum Gasteiger partial charge on any atom is 0.321 e. The predicted octanol–water partition coefficient (Wildman–Crippen LogP) is 1.21. The van der Waals surface area contributed by atoms with Crippen LogP contribution in [-0.2, 0) is 11.3 Å². The Kier molecular flexibility index (Phi) is 5.93. The normalized spacial score (nSPS) is 18.7. The topological polar surface area (TPSA) is 104 Å². The van der Waals surface area contributed by atoms with Crippen LogP contribution in [0.25, 0.3) is 0 Å². The van der Waals surface area contributed by atoms with E-state index in [2.05, 4.69) is 26.3 Å². The third kappa shape index (κ3) is 4.48. The van der Waals surface area contributed by atoms with Gasteiger partial charge in [-0.2, -0.15) is 0 Å². The Balaban J connectivity index is 1.56. The molecule has 0 unspecified atom stereocenters. The Morgan fingerprint density at radius 2 is 2.11 bits per heavy atom. The molecule has 1 aliphatic rings. The molecule has 0 aliphatic carbocycles. The summed E-state index contributed by atoms with van der Waals surface area (Å²) in [5.74, 6) is -0.0226. The highest BCUT2D eigenvalue weighted by Crippen LogP contribution is 2.19. The molecule has 3 N–H and O–H groups in total. The van der Waals surface area contributed by atoms with Crippen LogP contribution in [0, 0.1) is 13.8 Å². The van der Waals surface area contributed by atoms with Crippen LogP contribution in [0.3, 0.4) is 0 Å². The van der Waals surface area contributed by atoms with E-state index in [0.717, 1.165) is 11.3 Å². The van der Waals surface area contributed by atoms with Gasteiger partial charge in [-0.3, -0.25) is 4.79 Å². The lowest BCUT2D eigenvalue weighted by Crippen LogP contribution is -2.38. The molecule has 0 radical (unpaired) electrons. The van der Waals surface area contributed by atoms with Gasteiger partial charge in [-0.15, -0.1) is 5.10 Å². The number of likely N-dealkylation sites (N-methyl/N-ethyl adjacent to an activating group) is 1. The number of urea groups is 1. The molecule has 9 heteroatoms. The molecule has 150 valence electrons. The molecule has 2 heterocycles. The lowest BCUT2D eigenvalue weighted by Gasteiger charge is -2.17. The smallest absolute Gasteiger partial charge is 0.321 e. The van der Waals surface area contributed by atoms with Crippen LogP contribution < -0.4 is 16.0 Å². The van der Waals surface area contributed by atoms with E-state index in [1.54, 1.807) is 23.7 Å². The highest BCUT2D eigenvalue weighted by atomic mass is 16.2. The van der Waals surface area contributed by atoms with Crippen molar-refractivity contribution in [3.05, 3.63) is 41.2 Å². The van der Waals surface area contributed by atoms with Gasteiger partial charge < -0.3 is 20.9 Å². The van der Waals surface area contributed by atoms with E-state index in [4.69, 9.17) is 0 Å². The maximum absolute atomic E-state index is 12.4. The van der Waals surface area contributed by atoms with Crippen molar-refractivity contribution in [2.24, 2.45) is 0 Å². The van der Waals surface area contributed by atoms with Gasteiger partial charge in [0, 0.05) is 26.3 Å². The predicted molar refractivity (Wildman–Crippen MR) is 106 cm³/mol. The number of carbonyl (C=O) groups excluding carboxylic acids is 2. The monoisotopic (exact) mass is 385 g/mol. The molecule has 9 nitrogen and oxygen atoms in total. The van der Waals surface area contributed by atoms with Crippen molar-refractivity contribution in [3.63, 3.8) is 0 Å². The van der Waals surface area contributed by atoms with Crippen LogP contribution in [0.15, 0.2) is 24.4 Å². The zero-order valence-corrected chi connectivity index (χ0v) is 16.7. The highest BCUT2D eigenvalue weighted by molar-refractivity contribution is 5.89. The number of benzene rings is 1. The van der Waals surface area contributed by atoms with Crippen LogP contribution in [0.4, 0.5) is 10.5 Å². The molecule has 3 rings (SSSR count). The van der Waals surface area contributed by atoms with Gasteiger partial charge in [0.1, 0.15) is 5.69 Å². The molecule has 3 amide bonds. The van der Waals surface area contributed by atoms with Crippen LogP contribution in [-0.4, -0.2) is 58.5 Å². The first-order valence-electron chi connectivity index (χ1n) is 9.32. The van der Waals surface area contributed by atoms with Gasteiger partial charge >= 0.3 is 6.03 Å². The van der Waals surface area contributed by atoms with Crippen molar-refractivity contribution < 1.29 is 9.59 Å². The van der Waals surface area contributed by atoms with E-state index < -0.39 is 0 Å². The van der Waals surface area contributed by atoms with Crippen LogP contribution in [0.5, 0.6) is 0 Å². The summed E-state index contributed by atoms with van der Waals surface area (Å²) in [6.07, 6.45) is 2.49. The second-order valence-electron chi connectivity index (χ2n) is 7.24. The lowest BCUT2D eigenvalue weighted by molar-refractivity contribution is -0.122. The zero-order chi connectivity index (χ0) is 20.3. The minimum atomic E-state index is -0.214. The van der Waals surface area contributed by atoms with Crippen molar-refractivity contribution in [3.8, 4) is 0 Å². The van der Waals surface area contributed by atoms with Gasteiger partial charge in [0.05, 0.1) is 24.8 Å². The second-order valence-corrected chi connectivity index (χ2v) is 7.24. The molecule has 2 atom stereocenters. The maximum atomic E-state index is 12.4. The van der Waals surface area contributed by atoms with E-state index in [0.29, 0.717) is 25.2 Å². The SMILES string of the molecule is CNC(=O)[C@@H]1C[C@@H](n2cc(CN(C)C(=O)Nc3ccc(C)c(C)c3)nn2)CN1. The molecular weight excluding hydrogens is 358 g/mol. The fraction of sp³-hybridized carbons (Fsp3) is 0.474. The Morgan fingerprint density at radius 3 is 2.82 bits per heavy atom. The molecule has 0 bridgehead atoms. The van der Waals surface area contributed by atoms with Crippen LogP contribution >= 0.6 is 0 Å². The second kappa shape index (κ2) is 8.39. The quantitative estimate of drug-likeness (QED) is 0.718. The first-order chi connectivity index (χ1) is 13.4. The number of hydrogen-bond acceptors (Lipinski definition) is 5. The molecule has 1 aliphatic heterocycles. The Bertz CT molecular complexity index is 864. The minimum absolute atomic E-state index is 0.0226. The Morgan fingerprint density at radius 1 is 1.32 bits per heavy atom. The van der Waals surface area contributed by atoms with E-state index >= 15 is 0 Å². The summed E-state index contributed by atoms with van der Waals surface area (Å²) < 4.78 is 1.76. The number of carbonyl (C=O) groups is 2. The molecule has 28 heavy (non-hydrogen) atoms. The number of nitrogens with one attached hydrogen (secondary N) is 3. The molecule has 1 saturated heterocycles. The molecule has 1 fully saturated rings. The third-order valence-electron chi connectivity index (χ3n) is 5.11. The Labute approximate surface area is 164 Å². The van der Waals surface area contributed by atoms with Gasteiger partial charge in [-0.25, -0.2) is 9.48 Å². The fourth-order valence-electron chi connectivity index (χ4n) is 3.21. The minimum Gasteiger partial charge on any atom is -0.358 e. The van der Waals surface area contributed by atoms with Crippen molar-refractivity contribution in [1.29, 1.82) is 0 Å². The summed E-state index contributed by atoms with van der Waals surface area (Å²) in [6, 6.07) is 5.47. The van der Waals surface area contributed by atoms with Crippen molar-refractivity contribution >= 4 is 17.6 Å². The molecular formula is C19H27N7O2. The van der Waals surface area contributed by atoms with Gasteiger partial charge in [-0.1, -0.05) is 11.3 Å². The van der Waals surface area contributed by atoms with Crippen LogP contribution in [0.2, 0.25) is 0 Å². The van der Waals surface area contributed by atoms with Crippen molar-refractivity contribution in [1.82, 2.24) is 30.5 Å². The Hall–Kier alpha value is -2.94. The first-order valence-corrected chi connectivity index (χ1v) is 9.32. The number of hydrogen-bond donors (Lipinski definition) is 3. The fourth-order valence-corrected chi connectivity index (χ4v) is 3.21. The summed E-state index contributed by atoms with van der Waals surface area (Å²) in [5, 5.41) is 17.1. The summed E-state index contributed by atoms with van der Waals surface area (Å²) in [6.45, 7) is 5.05. The van der Waals surface area contributed by atoms with Gasteiger partial charge in [0.15, 0.2) is 0 Å². The number of nitrogens with zero attached hydrogens (tertiary/aromatic N) is 4. The number of rotatable bonds is 5. The molecule has 0 spiro atoms. The van der Waals surface area contributed by atoms with Gasteiger partial charge in [0.2, 0.25) is 5.91 Å². The van der Waals surface area contributed by atoms with Gasteiger partial charge in [-0.05, 0) is 43.5 Å². The number of aromatic nitrogens is 3.